The number of carbonyl (C=O) groups excluding carboxylic acids is 1. The summed E-state index contributed by atoms with van der Waals surface area (Å²) < 4.78 is 0. The van der Waals surface area contributed by atoms with Crippen LogP contribution in [0.4, 0.5) is 5.69 Å². The monoisotopic (exact) mass is 172 g/mol. The van der Waals surface area contributed by atoms with Crippen molar-refractivity contribution in [1.29, 1.82) is 0 Å². The highest BCUT2D eigenvalue weighted by atomic mass is 16.1. The molecule has 0 fully saturated rings. The van der Waals surface area contributed by atoms with Crippen molar-refractivity contribution in [1.82, 2.24) is 4.98 Å². The molecular formula is C10H8N2O. The second-order valence-corrected chi connectivity index (χ2v) is 2.79. The Morgan fingerprint density at radius 2 is 2.15 bits per heavy atom. The molecule has 0 radical (unpaired) electrons. The number of nitrogens with zero attached hydrogens (tertiary/aromatic N) is 1. The van der Waals surface area contributed by atoms with E-state index in [4.69, 9.17) is 5.73 Å². The van der Waals surface area contributed by atoms with Gasteiger partial charge in [-0.05, 0) is 18.2 Å². The van der Waals surface area contributed by atoms with Crippen molar-refractivity contribution in [3.8, 4) is 0 Å². The van der Waals surface area contributed by atoms with Crippen LogP contribution in [0.5, 0.6) is 0 Å². The van der Waals surface area contributed by atoms with Gasteiger partial charge in [-0.3, -0.25) is 9.78 Å². The third-order valence-corrected chi connectivity index (χ3v) is 1.93. The summed E-state index contributed by atoms with van der Waals surface area (Å²) in [5, 5.41) is 0.840. The lowest BCUT2D eigenvalue weighted by atomic mass is 10.1. The van der Waals surface area contributed by atoms with Crippen LogP contribution in [0.3, 0.4) is 0 Å². The molecule has 0 bridgehead atoms. The highest BCUT2D eigenvalue weighted by Gasteiger charge is 1.99. The van der Waals surface area contributed by atoms with Gasteiger partial charge in [0.2, 0.25) is 0 Å². The Kier molecular flexibility index (Phi) is 1.70. The molecule has 0 saturated carbocycles. The number of hydrogen-bond donors (Lipinski definition) is 1. The van der Waals surface area contributed by atoms with Crippen molar-refractivity contribution in [2.75, 3.05) is 5.73 Å². The predicted octanol–water partition coefficient (Wildman–Crippen LogP) is 1.63. The summed E-state index contributed by atoms with van der Waals surface area (Å²) in [4.78, 5) is 14.8. The molecule has 0 atom stereocenters. The fourth-order valence-electron chi connectivity index (χ4n) is 1.29. The van der Waals surface area contributed by atoms with Crippen molar-refractivity contribution in [3.05, 3.63) is 36.0 Å². The third kappa shape index (κ3) is 1.24. The van der Waals surface area contributed by atoms with Crippen LogP contribution >= 0.6 is 0 Å². The molecule has 0 unspecified atom stereocenters. The van der Waals surface area contributed by atoms with Gasteiger partial charge in [-0.15, -0.1) is 0 Å². The Hall–Kier alpha value is -1.90. The number of nitrogens with two attached hydrogens (primary N) is 1. The summed E-state index contributed by atoms with van der Waals surface area (Å²) in [5.74, 6) is 0. The molecule has 2 rings (SSSR count). The second-order valence-electron chi connectivity index (χ2n) is 2.79. The number of fused-ring (bicyclic) bond motifs is 1. The number of nitrogen functional groups attached to an aromatic ring is 1. The second kappa shape index (κ2) is 2.86. The standard InChI is InChI=1S/C10H8N2O/c11-8-1-2-9-7(6-13)3-4-12-10(9)5-8/h1-6H,11H2. The van der Waals surface area contributed by atoms with Crippen molar-refractivity contribution in [2.45, 2.75) is 0 Å². The molecule has 0 spiro atoms. The SMILES string of the molecule is Nc1ccc2c(C=O)ccnc2c1. The maximum absolute atomic E-state index is 10.6. The summed E-state index contributed by atoms with van der Waals surface area (Å²) in [6, 6.07) is 7.01. The van der Waals surface area contributed by atoms with E-state index >= 15 is 0 Å². The lowest BCUT2D eigenvalue weighted by Gasteiger charge is -2.00. The number of benzene rings is 1. The number of hydrogen-bond acceptors (Lipinski definition) is 3. The number of rotatable bonds is 1. The summed E-state index contributed by atoms with van der Waals surface area (Å²) in [6.45, 7) is 0. The number of anilines is 1. The van der Waals surface area contributed by atoms with E-state index in [9.17, 15) is 4.79 Å². The van der Waals surface area contributed by atoms with E-state index in [0.717, 1.165) is 17.2 Å². The molecule has 0 saturated heterocycles. The molecule has 0 amide bonds. The van der Waals surface area contributed by atoms with E-state index in [0.29, 0.717) is 11.3 Å². The number of aromatic nitrogens is 1. The van der Waals surface area contributed by atoms with Gasteiger partial charge in [0.15, 0.2) is 6.29 Å². The fraction of sp³-hybridized carbons (Fsp3) is 0. The normalized spacial score (nSPS) is 10.2. The van der Waals surface area contributed by atoms with Gasteiger partial charge in [0, 0.05) is 22.8 Å². The molecule has 1 aromatic carbocycles. The number of carbonyl (C=O) groups is 1. The van der Waals surface area contributed by atoms with Gasteiger partial charge >= 0.3 is 0 Å². The van der Waals surface area contributed by atoms with Gasteiger partial charge in [-0.2, -0.15) is 0 Å². The average Bonchev–Trinajstić information content (AvgIpc) is 2.16. The molecule has 1 aromatic heterocycles. The molecule has 0 aliphatic heterocycles. The first-order chi connectivity index (χ1) is 6.31. The van der Waals surface area contributed by atoms with Crippen LogP contribution in [0, 0.1) is 0 Å². The maximum atomic E-state index is 10.6. The first-order valence-electron chi connectivity index (χ1n) is 3.90. The Labute approximate surface area is 75.2 Å². The zero-order chi connectivity index (χ0) is 9.26. The molecule has 0 aliphatic rings. The van der Waals surface area contributed by atoms with Gasteiger partial charge in [-0.25, -0.2) is 0 Å². The Morgan fingerprint density at radius 3 is 2.92 bits per heavy atom. The topological polar surface area (TPSA) is 56.0 Å². The molecule has 2 N–H and O–H groups in total. The van der Waals surface area contributed by atoms with Gasteiger partial charge in [0.05, 0.1) is 5.52 Å². The molecule has 3 heteroatoms. The Bertz CT molecular complexity index is 465. The Morgan fingerprint density at radius 1 is 1.31 bits per heavy atom. The van der Waals surface area contributed by atoms with Crippen molar-refractivity contribution in [3.63, 3.8) is 0 Å². The first-order valence-corrected chi connectivity index (χ1v) is 3.90. The first kappa shape index (κ1) is 7.73. The summed E-state index contributed by atoms with van der Waals surface area (Å²) in [6.07, 6.45) is 2.42. The molecular weight excluding hydrogens is 164 g/mol. The van der Waals surface area contributed by atoms with Crippen LogP contribution in [-0.2, 0) is 0 Å². The van der Waals surface area contributed by atoms with Crippen LogP contribution in [0.2, 0.25) is 0 Å². The van der Waals surface area contributed by atoms with Crippen molar-refractivity contribution >= 4 is 22.9 Å². The largest absolute Gasteiger partial charge is 0.399 e. The summed E-state index contributed by atoms with van der Waals surface area (Å²) in [5.41, 5.74) is 7.64. The van der Waals surface area contributed by atoms with Gasteiger partial charge in [0.25, 0.3) is 0 Å². The quantitative estimate of drug-likeness (QED) is 0.525. The molecule has 2 aromatic rings. The van der Waals surface area contributed by atoms with E-state index < -0.39 is 0 Å². The van der Waals surface area contributed by atoms with Crippen molar-refractivity contribution in [2.24, 2.45) is 0 Å². The minimum absolute atomic E-state index is 0.644. The summed E-state index contributed by atoms with van der Waals surface area (Å²) >= 11 is 0. The van der Waals surface area contributed by atoms with E-state index in [1.165, 1.54) is 0 Å². The molecule has 3 nitrogen and oxygen atoms in total. The van der Waals surface area contributed by atoms with Crippen LogP contribution in [0.1, 0.15) is 10.4 Å². The highest BCUT2D eigenvalue weighted by molar-refractivity contribution is 5.97. The molecule has 0 aliphatic carbocycles. The minimum Gasteiger partial charge on any atom is -0.399 e. The Balaban J connectivity index is 2.84. The summed E-state index contributed by atoms with van der Waals surface area (Å²) in [7, 11) is 0. The zero-order valence-electron chi connectivity index (χ0n) is 6.90. The maximum Gasteiger partial charge on any atom is 0.150 e. The molecule has 13 heavy (non-hydrogen) atoms. The van der Waals surface area contributed by atoms with Crippen LogP contribution in [0.25, 0.3) is 10.9 Å². The third-order valence-electron chi connectivity index (χ3n) is 1.93. The average molecular weight is 172 g/mol. The van der Waals surface area contributed by atoms with Gasteiger partial charge in [-0.1, -0.05) is 6.07 Å². The van der Waals surface area contributed by atoms with Gasteiger partial charge in [0.1, 0.15) is 0 Å². The fourth-order valence-corrected chi connectivity index (χ4v) is 1.29. The lowest BCUT2D eigenvalue weighted by molar-refractivity contribution is 0.112. The van der Waals surface area contributed by atoms with Gasteiger partial charge < -0.3 is 5.73 Å². The van der Waals surface area contributed by atoms with Crippen LogP contribution < -0.4 is 5.73 Å². The predicted molar refractivity (Wildman–Crippen MR) is 51.5 cm³/mol. The van der Waals surface area contributed by atoms with E-state index in [2.05, 4.69) is 4.98 Å². The van der Waals surface area contributed by atoms with E-state index in [-0.39, 0.29) is 0 Å². The van der Waals surface area contributed by atoms with Crippen LogP contribution in [0.15, 0.2) is 30.5 Å². The number of pyridine rings is 1. The number of aldehydes is 1. The highest BCUT2D eigenvalue weighted by Crippen LogP contribution is 2.17. The lowest BCUT2D eigenvalue weighted by Crippen LogP contribution is -1.89. The zero-order valence-corrected chi connectivity index (χ0v) is 6.90. The van der Waals surface area contributed by atoms with E-state index in [1.807, 2.05) is 0 Å². The minimum atomic E-state index is 0.644. The smallest absolute Gasteiger partial charge is 0.150 e. The van der Waals surface area contributed by atoms with Crippen LogP contribution in [-0.4, -0.2) is 11.3 Å². The molecule has 64 valence electrons. The van der Waals surface area contributed by atoms with Crippen molar-refractivity contribution < 1.29 is 4.79 Å². The molecule has 1 heterocycles. The van der Waals surface area contributed by atoms with E-state index in [1.54, 1.807) is 30.5 Å².